The van der Waals surface area contributed by atoms with E-state index in [1.54, 1.807) is 50.4 Å². The molecular weight excluding hydrogens is 245 g/mol. The molecule has 0 spiro atoms. The topological polar surface area (TPSA) is 36.2 Å². The fraction of sp³-hybridized carbons (Fsp3) is 0.133. The number of halogens is 1. The first-order valence-corrected chi connectivity index (χ1v) is 5.82. The molecule has 0 radical (unpaired) electrons. The normalized spacial score (nSPS) is 11.4. The highest BCUT2D eigenvalue weighted by atomic mass is 19.1. The van der Waals surface area contributed by atoms with Gasteiger partial charge in [-0.3, -0.25) is 0 Å². The zero-order valence-corrected chi connectivity index (χ0v) is 10.8. The first kappa shape index (κ1) is 13.1. The van der Waals surface area contributed by atoms with Gasteiger partial charge in [0.05, 0.1) is 7.11 Å². The van der Waals surface area contributed by atoms with Gasteiger partial charge in [-0.1, -0.05) is 12.1 Å². The summed E-state index contributed by atoms with van der Waals surface area (Å²) >= 11 is 0. The van der Waals surface area contributed by atoms with Gasteiger partial charge < -0.3 is 9.94 Å². The second-order valence-corrected chi connectivity index (χ2v) is 4.11. The summed E-state index contributed by atoms with van der Waals surface area (Å²) in [7, 11) is 1.57. The molecule has 19 heavy (non-hydrogen) atoms. The predicted octanol–water partition coefficient (Wildman–Crippen LogP) is 3.10. The maximum atomic E-state index is 14.1. The van der Waals surface area contributed by atoms with E-state index in [2.05, 4.69) is 0 Å². The molecule has 0 N–H and O–H groups in total. The van der Waals surface area contributed by atoms with Crippen molar-refractivity contribution < 1.29 is 13.9 Å². The lowest BCUT2D eigenvalue weighted by Gasteiger charge is -2.05. The van der Waals surface area contributed by atoms with Crippen LogP contribution in [-0.4, -0.2) is 7.11 Å². The molecule has 0 unspecified atom stereocenters. The van der Waals surface area contributed by atoms with Crippen LogP contribution in [-0.2, 0) is 0 Å². The molecule has 0 aliphatic rings. The fourth-order valence-corrected chi connectivity index (χ4v) is 1.70. The number of methoxy groups -OCH3 is 1. The third kappa shape index (κ3) is 2.91. The van der Waals surface area contributed by atoms with Crippen molar-refractivity contribution in [3.63, 3.8) is 0 Å². The molecule has 1 aromatic heterocycles. The van der Waals surface area contributed by atoms with Crippen molar-refractivity contribution in [1.82, 2.24) is 0 Å². The Bertz CT molecular complexity index is 606. The van der Waals surface area contributed by atoms with Gasteiger partial charge in [0.25, 0.3) is 5.69 Å². The molecule has 0 amide bonds. The van der Waals surface area contributed by atoms with Crippen LogP contribution in [0.15, 0.2) is 42.5 Å². The van der Waals surface area contributed by atoms with Gasteiger partial charge in [-0.05, 0) is 29.8 Å². The Morgan fingerprint density at radius 3 is 2.53 bits per heavy atom. The summed E-state index contributed by atoms with van der Waals surface area (Å²) in [5.74, 6) is 0.135. The van der Waals surface area contributed by atoms with Crippen LogP contribution in [0.3, 0.4) is 0 Å². The van der Waals surface area contributed by atoms with E-state index in [-0.39, 0.29) is 5.69 Å². The highest BCUT2D eigenvalue weighted by Crippen LogP contribution is 2.19. The maximum absolute atomic E-state index is 14.1. The molecule has 0 fully saturated rings. The summed E-state index contributed by atoms with van der Waals surface area (Å²) in [6, 6.07) is 11.7. The molecule has 0 saturated carbocycles. The van der Waals surface area contributed by atoms with Crippen LogP contribution < -0.4 is 9.47 Å². The number of hydrogen-bond acceptors (Lipinski definition) is 2. The minimum absolute atomic E-state index is 0.0100. The largest absolute Gasteiger partial charge is 0.618 e. The van der Waals surface area contributed by atoms with Gasteiger partial charge in [0.1, 0.15) is 5.75 Å². The van der Waals surface area contributed by atoms with E-state index >= 15 is 0 Å². The van der Waals surface area contributed by atoms with Gasteiger partial charge in [0.2, 0.25) is 0 Å². The number of hydrogen-bond donors (Lipinski definition) is 0. The van der Waals surface area contributed by atoms with E-state index < -0.39 is 5.83 Å². The summed E-state index contributed by atoms with van der Waals surface area (Å²) in [5, 5.41) is 11.7. The van der Waals surface area contributed by atoms with Crippen LogP contribution >= 0.6 is 0 Å². The predicted molar refractivity (Wildman–Crippen MR) is 72.1 cm³/mol. The second-order valence-electron chi connectivity index (χ2n) is 4.11. The van der Waals surface area contributed by atoms with Crippen molar-refractivity contribution in [3.8, 4) is 5.75 Å². The quantitative estimate of drug-likeness (QED) is 0.627. The van der Waals surface area contributed by atoms with Crippen LogP contribution in [0.5, 0.6) is 5.75 Å². The molecule has 3 nitrogen and oxygen atoms in total. The summed E-state index contributed by atoms with van der Waals surface area (Å²) in [6.07, 6.45) is 1.32. The van der Waals surface area contributed by atoms with Crippen molar-refractivity contribution in [2.45, 2.75) is 6.92 Å². The van der Waals surface area contributed by atoms with Gasteiger partial charge in [0.15, 0.2) is 11.5 Å². The molecular formula is C15H14FNO2. The van der Waals surface area contributed by atoms with E-state index in [0.717, 1.165) is 0 Å². The van der Waals surface area contributed by atoms with Crippen LogP contribution in [0.4, 0.5) is 4.39 Å². The molecule has 1 aromatic carbocycles. The van der Waals surface area contributed by atoms with Crippen molar-refractivity contribution in [1.29, 1.82) is 0 Å². The molecule has 0 bridgehead atoms. The third-order valence-electron chi connectivity index (χ3n) is 2.78. The van der Waals surface area contributed by atoms with Gasteiger partial charge in [-0.15, -0.1) is 0 Å². The molecule has 0 aliphatic carbocycles. The van der Waals surface area contributed by atoms with E-state index in [9.17, 15) is 9.60 Å². The Hall–Kier alpha value is -2.36. The number of rotatable bonds is 3. The number of benzene rings is 1. The van der Waals surface area contributed by atoms with Crippen LogP contribution in [0.1, 0.15) is 17.0 Å². The summed E-state index contributed by atoms with van der Waals surface area (Å²) in [5.41, 5.74) is 1.13. The first-order chi connectivity index (χ1) is 9.11. The minimum Gasteiger partial charge on any atom is -0.618 e. The van der Waals surface area contributed by atoms with Crippen molar-refractivity contribution in [3.05, 3.63) is 64.6 Å². The summed E-state index contributed by atoms with van der Waals surface area (Å²) < 4.78 is 19.7. The van der Waals surface area contributed by atoms with Gasteiger partial charge in [-0.25, -0.2) is 0 Å². The Balaban J connectivity index is 2.34. The molecule has 0 saturated heterocycles. The average molecular weight is 259 g/mol. The smallest absolute Gasteiger partial charge is 0.252 e. The standard InChI is InChI=1S/C15H14FNO2/c1-11-4-3-5-15(17(11)18)14(16)10-12-6-8-13(19-2)9-7-12/h3-10H,1-2H3/b14-10-. The zero-order valence-electron chi connectivity index (χ0n) is 10.8. The summed E-state index contributed by atoms with van der Waals surface area (Å²) in [4.78, 5) is 0. The van der Waals surface area contributed by atoms with Crippen molar-refractivity contribution in [2.75, 3.05) is 7.11 Å². The molecule has 0 atom stereocenters. The highest BCUT2D eigenvalue weighted by molar-refractivity contribution is 5.74. The van der Waals surface area contributed by atoms with Crippen LogP contribution in [0, 0.1) is 12.1 Å². The number of pyridine rings is 1. The molecule has 98 valence electrons. The minimum atomic E-state index is -0.566. The van der Waals surface area contributed by atoms with E-state index in [4.69, 9.17) is 4.74 Å². The highest BCUT2D eigenvalue weighted by Gasteiger charge is 2.12. The molecule has 2 rings (SSSR count). The van der Waals surface area contributed by atoms with Gasteiger partial charge in [-0.2, -0.15) is 9.12 Å². The first-order valence-electron chi connectivity index (χ1n) is 5.82. The number of ether oxygens (including phenoxy) is 1. The fourth-order valence-electron chi connectivity index (χ4n) is 1.70. The monoisotopic (exact) mass is 259 g/mol. The molecule has 0 aliphatic heterocycles. The lowest BCUT2D eigenvalue weighted by atomic mass is 10.1. The van der Waals surface area contributed by atoms with Crippen molar-refractivity contribution >= 4 is 11.9 Å². The van der Waals surface area contributed by atoms with Crippen LogP contribution in [0.2, 0.25) is 0 Å². The number of aryl methyl sites for hydroxylation is 1. The van der Waals surface area contributed by atoms with Gasteiger partial charge in [0, 0.05) is 19.1 Å². The summed E-state index contributed by atoms with van der Waals surface area (Å²) in [6.45, 7) is 1.64. The SMILES string of the molecule is COc1ccc(/C=C(\F)c2cccc(C)[n+]2[O-])cc1. The maximum Gasteiger partial charge on any atom is 0.252 e. The number of aromatic nitrogens is 1. The zero-order chi connectivity index (χ0) is 13.8. The van der Waals surface area contributed by atoms with E-state index in [1.165, 1.54) is 12.1 Å². The van der Waals surface area contributed by atoms with Gasteiger partial charge >= 0.3 is 0 Å². The Labute approximate surface area is 111 Å². The Morgan fingerprint density at radius 2 is 1.89 bits per heavy atom. The Kier molecular flexibility index (Phi) is 3.80. The Morgan fingerprint density at radius 1 is 1.21 bits per heavy atom. The molecule has 1 heterocycles. The average Bonchev–Trinajstić information content (AvgIpc) is 2.42. The number of nitrogens with zero attached hydrogens (tertiary/aromatic N) is 1. The molecule has 2 aromatic rings. The van der Waals surface area contributed by atoms with E-state index in [0.29, 0.717) is 21.7 Å². The van der Waals surface area contributed by atoms with E-state index in [1.807, 2.05) is 0 Å². The third-order valence-corrected chi connectivity index (χ3v) is 2.78. The lowest BCUT2D eigenvalue weighted by molar-refractivity contribution is -0.615. The molecule has 4 heteroatoms. The lowest BCUT2D eigenvalue weighted by Crippen LogP contribution is -2.34. The second kappa shape index (κ2) is 5.52. The van der Waals surface area contributed by atoms with Crippen LogP contribution in [0.25, 0.3) is 11.9 Å². The van der Waals surface area contributed by atoms with Crippen molar-refractivity contribution in [2.24, 2.45) is 0 Å².